The van der Waals surface area contributed by atoms with E-state index >= 15 is 35.1 Å². The second-order valence-corrected chi connectivity index (χ2v) is 14.5. The first-order valence-electron chi connectivity index (χ1n) is 18.7. The van der Waals surface area contributed by atoms with Gasteiger partial charge in [0.2, 0.25) is 12.3 Å². The fourth-order valence-electron chi connectivity index (χ4n) is 7.26. The van der Waals surface area contributed by atoms with Crippen LogP contribution in [0.4, 0.5) is 87.8 Å². The molecule has 0 atom stereocenters. The van der Waals surface area contributed by atoms with E-state index in [0.29, 0.717) is 11.4 Å². The maximum atomic E-state index is 15.4. The van der Waals surface area contributed by atoms with Crippen molar-refractivity contribution in [2.45, 2.75) is 20.4 Å². The van der Waals surface area contributed by atoms with Gasteiger partial charge in [-0.25, -0.2) is 92.8 Å². The van der Waals surface area contributed by atoms with Gasteiger partial charge in [-0.1, -0.05) is 42.5 Å². The number of ketones is 1. The predicted octanol–water partition coefficient (Wildman–Crippen LogP) is 9.51. The zero-order valence-corrected chi connectivity index (χ0v) is 33.9. The number of hydrogen-bond acceptors (Lipinski definition) is 3. The zero-order chi connectivity index (χ0) is 51.3. The molecular weight excluding hydrogens is 979 g/mol. The Hall–Kier alpha value is -7.47. The SMILES string of the molecule is Cc1ccc(C)c(Oc2cncc[n+]2CC(=O)c2ccccc2)c1.Fc1c(F)c(F)c([B-](c2c(F)c(F)c(F)c(F)c2F)(c2c(F)c(F)c(F)c(F)c2F)c2c(F)c(F)c(F)c(F)c2F)c(F)c1F. The third-order valence-corrected chi connectivity index (χ3v) is 10.5. The van der Waals surface area contributed by atoms with Crippen molar-refractivity contribution in [3.05, 3.63) is 200 Å². The minimum absolute atomic E-state index is 0.0256. The van der Waals surface area contributed by atoms with Crippen LogP contribution < -0.4 is 31.2 Å². The summed E-state index contributed by atoms with van der Waals surface area (Å²) in [6.07, 6.45) is -2.19. The lowest BCUT2D eigenvalue weighted by molar-refractivity contribution is -0.687. The van der Waals surface area contributed by atoms with Gasteiger partial charge in [0.1, 0.15) is 64.6 Å². The number of halogens is 20. The van der Waals surface area contributed by atoms with Crippen LogP contribution in [-0.4, -0.2) is 16.9 Å². The van der Waals surface area contributed by atoms with Crippen LogP contribution in [0.3, 0.4) is 0 Å². The van der Waals surface area contributed by atoms with Crippen LogP contribution in [0.2, 0.25) is 0 Å². The number of carbonyl (C=O) groups excluding carboxylic acids is 1. The van der Waals surface area contributed by atoms with Crippen molar-refractivity contribution in [3.63, 3.8) is 0 Å². The number of hydrogen-bond donors (Lipinski definition) is 0. The molecule has 360 valence electrons. The van der Waals surface area contributed by atoms with E-state index in [1.807, 2.05) is 62.4 Å². The first-order chi connectivity index (χ1) is 32.3. The Balaban J connectivity index is 0.000000273. The number of ether oxygens (including phenoxy) is 1. The van der Waals surface area contributed by atoms with Crippen molar-refractivity contribution in [2.24, 2.45) is 0 Å². The van der Waals surface area contributed by atoms with E-state index < -0.39 is 144 Å². The molecule has 0 aliphatic rings. The lowest BCUT2D eigenvalue weighted by Crippen LogP contribution is -2.81. The first-order valence-corrected chi connectivity index (χ1v) is 18.7. The second-order valence-electron chi connectivity index (χ2n) is 14.5. The average molecular weight is 998 g/mol. The number of nitrogens with zero attached hydrogens (tertiary/aromatic N) is 2. The third kappa shape index (κ3) is 8.46. The molecule has 0 amide bonds. The number of rotatable bonds is 9. The fourth-order valence-corrected chi connectivity index (χ4v) is 7.26. The van der Waals surface area contributed by atoms with Crippen molar-refractivity contribution < 1.29 is 102 Å². The molecule has 0 aliphatic carbocycles. The number of Topliss-reactive ketones (excluding diaryl/α,β-unsaturated/α-hetero) is 1. The molecule has 0 saturated carbocycles. The number of benzene rings is 6. The highest BCUT2D eigenvalue weighted by atomic mass is 19.2. The van der Waals surface area contributed by atoms with Crippen molar-refractivity contribution in [1.29, 1.82) is 0 Å². The van der Waals surface area contributed by atoms with Crippen LogP contribution in [0.25, 0.3) is 0 Å². The van der Waals surface area contributed by atoms with Crippen LogP contribution >= 0.6 is 0 Å². The fraction of sp³-hybridized carbons (Fsp3) is 0.0682. The highest BCUT2D eigenvalue weighted by Crippen LogP contribution is 2.31. The molecule has 7 aromatic rings. The molecule has 0 aliphatic heterocycles. The van der Waals surface area contributed by atoms with E-state index in [-0.39, 0.29) is 12.3 Å². The van der Waals surface area contributed by atoms with Crippen LogP contribution in [0.15, 0.2) is 67.1 Å². The van der Waals surface area contributed by atoms with Gasteiger partial charge in [0, 0.05) is 5.56 Å². The number of aromatic nitrogens is 2. The van der Waals surface area contributed by atoms with Crippen molar-refractivity contribution >= 4 is 33.8 Å². The summed E-state index contributed by atoms with van der Waals surface area (Å²) < 4.78 is 302. The highest BCUT2D eigenvalue weighted by molar-refractivity contribution is 7.20. The maximum Gasteiger partial charge on any atom is 0.392 e. The maximum absolute atomic E-state index is 15.4. The van der Waals surface area contributed by atoms with Gasteiger partial charge in [-0.15, -0.1) is 21.9 Å². The van der Waals surface area contributed by atoms with E-state index in [9.17, 15) is 57.5 Å². The topological polar surface area (TPSA) is 43.1 Å². The van der Waals surface area contributed by atoms with Crippen LogP contribution in [0.1, 0.15) is 21.5 Å². The Morgan fingerprint density at radius 3 is 1.16 bits per heavy atom. The van der Waals surface area contributed by atoms with Gasteiger partial charge in [-0.2, -0.15) is 4.57 Å². The molecule has 0 N–H and O–H groups in total. The van der Waals surface area contributed by atoms with Gasteiger partial charge in [0.25, 0.3) is 0 Å². The Morgan fingerprint density at radius 1 is 0.478 bits per heavy atom. The molecule has 7 rings (SSSR count). The summed E-state index contributed by atoms with van der Waals surface area (Å²) in [5.74, 6) is -70.1. The lowest BCUT2D eigenvalue weighted by Gasteiger charge is -2.44. The Morgan fingerprint density at radius 2 is 0.812 bits per heavy atom. The monoisotopic (exact) mass is 998 g/mol. The number of carbonyl (C=O) groups is 1. The van der Waals surface area contributed by atoms with E-state index in [0.717, 1.165) is 16.9 Å². The lowest BCUT2D eigenvalue weighted by atomic mass is 9.12. The standard InChI is InChI=1S/C24BF20.C20H19N2O2/c26-5-1(6(27)14(35)21(42)13(5)34)25(2-7(28)15(36)22(43)16(37)8(2)29,3-9(30)17(38)23(44)18(39)10(3)31)4-11(32)19(40)24(45)20(41)12(4)33;1-15-8-9-16(2)19(12-15)24-20-13-21-10-11-22(20)14-18(23)17-6-4-3-5-7-17/h;3-13H,14H2,1-2H3/q-1;+1. The van der Waals surface area contributed by atoms with Crippen LogP contribution in [-0.2, 0) is 6.54 Å². The third-order valence-electron chi connectivity index (χ3n) is 10.5. The van der Waals surface area contributed by atoms with Crippen molar-refractivity contribution in [1.82, 2.24) is 4.98 Å². The molecule has 0 spiro atoms. The minimum atomic E-state index is -7.22. The van der Waals surface area contributed by atoms with Crippen LogP contribution in [0, 0.1) is 130 Å². The zero-order valence-electron chi connectivity index (χ0n) is 33.9. The predicted molar refractivity (Wildman–Crippen MR) is 200 cm³/mol. The normalized spacial score (nSPS) is 11.4. The van der Waals surface area contributed by atoms with Gasteiger partial charge >= 0.3 is 5.88 Å². The van der Waals surface area contributed by atoms with E-state index in [1.165, 1.54) is 0 Å². The second kappa shape index (κ2) is 19.3. The number of aryl methyl sites for hydroxylation is 2. The largest absolute Gasteiger partial charge is 0.404 e. The average Bonchev–Trinajstić information content (AvgIpc) is 3.33. The quantitative estimate of drug-likeness (QED) is 0.0362. The molecular formula is C44H19BF20N2O2. The van der Waals surface area contributed by atoms with E-state index in [4.69, 9.17) is 4.74 Å². The smallest absolute Gasteiger partial charge is 0.392 e. The molecule has 0 saturated heterocycles. The molecule has 69 heavy (non-hydrogen) atoms. The van der Waals surface area contributed by atoms with Gasteiger partial charge in [-0.3, -0.25) is 4.79 Å². The molecule has 25 heteroatoms. The van der Waals surface area contributed by atoms with Gasteiger partial charge in [-0.05, 0) is 31.0 Å². The first kappa shape index (κ1) is 50.9. The van der Waals surface area contributed by atoms with E-state index in [1.54, 1.807) is 23.2 Å². The molecule has 1 aromatic heterocycles. The summed E-state index contributed by atoms with van der Waals surface area (Å²) in [5, 5.41) is 0. The van der Waals surface area contributed by atoms with Gasteiger partial charge in [0.05, 0.1) is 6.20 Å². The Bertz CT molecular complexity index is 2850. The molecule has 4 nitrogen and oxygen atoms in total. The summed E-state index contributed by atoms with van der Waals surface area (Å²) >= 11 is 0. The summed E-state index contributed by atoms with van der Waals surface area (Å²) in [7, 11) is 0. The van der Waals surface area contributed by atoms with Crippen LogP contribution in [0.5, 0.6) is 11.6 Å². The Labute approximate surface area is 372 Å². The molecule has 0 bridgehead atoms. The molecule has 0 unspecified atom stereocenters. The Kier molecular flexibility index (Phi) is 14.2. The highest BCUT2D eigenvalue weighted by Gasteiger charge is 2.52. The van der Waals surface area contributed by atoms with Gasteiger partial charge in [0.15, 0.2) is 76.0 Å². The summed E-state index contributed by atoms with van der Waals surface area (Å²) in [4.78, 5) is 16.6. The molecule has 0 radical (unpaired) electrons. The minimum Gasteiger partial charge on any atom is -0.404 e. The van der Waals surface area contributed by atoms with E-state index in [2.05, 4.69) is 4.98 Å². The van der Waals surface area contributed by atoms with Crippen molar-refractivity contribution in [3.8, 4) is 11.6 Å². The molecule has 6 aromatic carbocycles. The summed E-state index contributed by atoms with van der Waals surface area (Å²) in [5.41, 5.74) is -11.5. The van der Waals surface area contributed by atoms with Crippen molar-refractivity contribution in [2.75, 3.05) is 0 Å². The molecule has 1 heterocycles. The summed E-state index contributed by atoms with van der Waals surface area (Å²) in [6, 6.07) is 15.3. The van der Waals surface area contributed by atoms with Gasteiger partial charge < -0.3 is 4.74 Å². The molecule has 0 fully saturated rings. The summed E-state index contributed by atoms with van der Waals surface area (Å²) in [6.45, 7) is 4.21.